The topological polar surface area (TPSA) is 42.5 Å². The summed E-state index contributed by atoms with van der Waals surface area (Å²) < 4.78 is 1.77. The molecule has 0 N–H and O–H groups in total. The van der Waals surface area contributed by atoms with Gasteiger partial charge >= 0.3 is 0 Å². The highest BCUT2D eigenvalue weighted by molar-refractivity contribution is 7.07. The molecular formula is C16H12Cl2N4S. The predicted molar refractivity (Wildman–Crippen MR) is 96.0 cm³/mol. The third-order valence-electron chi connectivity index (χ3n) is 2.97. The maximum absolute atomic E-state index is 6.03. The van der Waals surface area contributed by atoms with E-state index >= 15 is 0 Å². The molecule has 0 aliphatic carbocycles. The molecule has 23 heavy (non-hydrogen) atoms. The van der Waals surface area contributed by atoms with Crippen molar-refractivity contribution in [1.82, 2.24) is 9.66 Å². The predicted octanol–water partition coefficient (Wildman–Crippen LogP) is 4.67. The van der Waals surface area contributed by atoms with E-state index in [0.717, 1.165) is 21.9 Å². The fourth-order valence-electron chi connectivity index (χ4n) is 1.84. The van der Waals surface area contributed by atoms with Crippen LogP contribution in [0.1, 0.15) is 11.4 Å². The van der Waals surface area contributed by atoms with Crippen molar-refractivity contribution >= 4 is 46.4 Å². The van der Waals surface area contributed by atoms with Gasteiger partial charge in [-0.1, -0.05) is 29.3 Å². The van der Waals surface area contributed by atoms with Gasteiger partial charge in [-0.15, -0.1) is 11.3 Å². The lowest BCUT2D eigenvalue weighted by atomic mass is 10.3. The molecule has 0 aliphatic heterocycles. The zero-order valence-corrected chi connectivity index (χ0v) is 14.5. The summed E-state index contributed by atoms with van der Waals surface area (Å²) in [6.07, 6.45) is 3.43. The lowest BCUT2D eigenvalue weighted by Gasteiger charge is -1.99. The smallest absolute Gasteiger partial charge is 0.211 e. The van der Waals surface area contributed by atoms with Gasteiger partial charge in [0.05, 0.1) is 33.3 Å². The van der Waals surface area contributed by atoms with Crippen molar-refractivity contribution in [2.75, 3.05) is 0 Å². The van der Waals surface area contributed by atoms with Crippen molar-refractivity contribution < 1.29 is 0 Å². The van der Waals surface area contributed by atoms with E-state index in [2.05, 4.69) is 15.1 Å². The second-order valence-electron chi connectivity index (χ2n) is 4.68. The zero-order chi connectivity index (χ0) is 16.2. The molecule has 0 fully saturated rings. The van der Waals surface area contributed by atoms with E-state index in [1.54, 1.807) is 29.2 Å². The van der Waals surface area contributed by atoms with Gasteiger partial charge in [0.1, 0.15) is 0 Å². The minimum atomic E-state index is 0.477. The van der Waals surface area contributed by atoms with Crippen LogP contribution in [0.3, 0.4) is 0 Å². The van der Waals surface area contributed by atoms with Crippen molar-refractivity contribution in [3.05, 3.63) is 74.2 Å². The van der Waals surface area contributed by atoms with Crippen molar-refractivity contribution in [2.24, 2.45) is 10.1 Å². The Kier molecular flexibility index (Phi) is 4.91. The number of aromatic nitrogens is 2. The van der Waals surface area contributed by atoms with Gasteiger partial charge in [-0.3, -0.25) is 4.98 Å². The van der Waals surface area contributed by atoms with Crippen LogP contribution < -0.4 is 4.80 Å². The normalized spacial score (nSPS) is 12.2. The quantitative estimate of drug-likeness (QED) is 0.624. The Morgan fingerprint density at radius 2 is 2.04 bits per heavy atom. The molecule has 0 saturated heterocycles. The van der Waals surface area contributed by atoms with Crippen molar-refractivity contribution in [1.29, 1.82) is 0 Å². The molecule has 3 aromatic rings. The van der Waals surface area contributed by atoms with Crippen molar-refractivity contribution in [3.8, 4) is 0 Å². The lowest BCUT2D eigenvalue weighted by molar-refractivity contribution is 0.809. The summed E-state index contributed by atoms with van der Waals surface area (Å²) >= 11 is 13.5. The first-order valence-corrected chi connectivity index (χ1v) is 8.39. The number of halogens is 2. The molecule has 0 bridgehead atoms. The Hall–Kier alpha value is -1.95. The molecule has 2 heterocycles. The summed E-state index contributed by atoms with van der Waals surface area (Å²) in [6.45, 7) is 1.97. The molecule has 0 atom stereocenters. The minimum absolute atomic E-state index is 0.477. The number of rotatable bonds is 3. The third-order valence-corrected chi connectivity index (χ3v) is 4.64. The monoisotopic (exact) mass is 362 g/mol. The standard InChI is InChI=1S/C16H12Cl2N4S/c1-11-10-23-16(21-12-5-6-14(17)15(18)8-12)22(11)20-9-13-4-2-3-7-19-13/h2-10H,1H3. The Morgan fingerprint density at radius 1 is 1.17 bits per heavy atom. The summed E-state index contributed by atoms with van der Waals surface area (Å²) in [6, 6.07) is 10.9. The van der Waals surface area contributed by atoms with Crippen LogP contribution in [0, 0.1) is 6.92 Å². The minimum Gasteiger partial charge on any atom is -0.255 e. The van der Waals surface area contributed by atoms with E-state index < -0.39 is 0 Å². The van der Waals surface area contributed by atoms with Gasteiger partial charge < -0.3 is 0 Å². The average molecular weight is 363 g/mol. The summed E-state index contributed by atoms with van der Waals surface area (Å²) in [7, 11) is 0. The number of aryl methyl sites for hydroxylation is 1. The largest absolute Gasteiger partial charge is 0.255 e. The second-order valence-corrected chi connectivity index (χ2v) is 6.33. The highest BCUT2D eigenvalue weighted by atomic mass is 35.5. The zero-order valence-electron chi connectivity index (χ0n) is 12.1. The summed E-state index contributed by atoms with van der Waals surface area (Å²) in [4.78, 5) is 9.54. The number of hydrogen-bond acceptors (Lipinski definition) is 4. The first-order valence-electron chi connectivity index (χ1n) is 6.76. The van der Waals surface area contributed by atoms with Crippen molar-refractivity contribution in [3.63, 3.8) is 0 Å². The SMILES string of the molecule is Cc1csc(=Nc2ccc(Cl)c(Cl)c2)n1N=Cc1ccccn1. The molecule has 0 aliphatic rings. The second kappa shape index (κ2) is 7.08. The van der Waals surface area contributed by atoms with E-state index in [4.69, 9.17) is 23.2 Å². The number of nitrogens with zero attached hydrogens (tertiary/aromatic N) is 4. The van der Waals surface area contributed by atoms with Gasteiger partial charge in [0, 0.05) is 11.6 Å². The van der Waals surface area contributed by atoms with Gasteiger partial charge in [0.15, 0.2) is 0 Å². The molecule has 3 rings (SSSR count). The number of pyridine rings is 1. The molecular weight excluding hydrogens is 351 g/mol. The summed E-state index contributed by atoms with van der Waals surface area (Å²) in [5, 5.41) is 7.44. The summed E-state index contributed by atoms with van der Waals surface area (Å²) in [5.74, 6) is 0. The van der Waals surface area contributed by atoms with Crippen LogP contribution in [0.2, 0.25) is 10.0 Å². The van der Waals surface area contributed by atoms with Crippen LogP contribution >= 0.6 is 34.5 Å². The Morgan fingerprint density at radius 3 is 2.78 bits per heavy atom. The van der Waals surface area contributed by atoms with E-state index in [1.165, 1.54) is 11.3 Å². The third kappa shape index (κ3) is 3.88. The molecule has 0 spiro atoms. The number of hydrogen-bond donors (Lipinski definition) is 0. The van der Waals surface area contributed by atoms with Crippen LogP contribution in [-0.4, -0.2) is 15.9 Å². The van der Waals surface area contributed by atoms with E-state index in [9.17, 15) is 0 Å². The van der Waals surface area contributed by atoms with Crippen LogP contribution in [0.4, 0.5) is 5.69 Å². The molecule has 4 nitrogen and oxygen atoms in total. The molecule has 7 heteroatoms. The molecule has 0 amide bonds. The van der Waals surface area contributed by atoms with Crippen LogP contribution in [0.15, 0.2) is 58.1 Å². The first-order chi connectivity index (χ1) is 11.1. The van der Waals surface area contributed by atoms with E-state index in [1.807, 2.05) is 36.6 Å². The maximum Gasteiger partial charge on any atom is 0.211 e. The van der Waals surface area contributed by atoms with E-state index in [0.29, 0.717) is 10.0 Å². The highest BCUT2D eigenvalue weighted by Gasteiger charge is 2.02. The van der Waals surface area contributed by atoms with Gasteiger partial charge in [-0.05, 0) is 37.3 Å². The number of thiazole rings is 1. The molecule has 116 valence electrons. The van der Waals surface area contributed by atoms with Crippen LogP contribution in [0.5, 0.6) is 0 Å². The Bertz CT molecular complexity index is 913. The Labute approximate surface area is 147 Å². The summed E-state index contributed by atoms with van der Waals surface area (Å²) in [5.41, 5.74) is 2.50. The van der Waals surface area contributed by atoms with Gasteiger partial charge in [-0.2, -0.15) is 5.10 Å². The van der Waals surface area contributed by atoms with Gasteiger partial charge in [0.25, 0.3) is 0 Å². The number of benzene rings is 1. The first kappa shape index (κ1) is 15.9. The average Bonchev–Trinajstić information content (AvgIpc) is 2.90. The van der Waals surface area contributed by atoms with Crippen LogP contribution in [0.25, 0.3) is 0 Å². The fraction of sp³-hybridized carbons (Fsp3) is 0.0625. The maximum atomic E-state index is 6.03. The van der Waals surface area contributed by atoms with Gasteiger partial charge in [0.2, 0.25) is 4.80 Å². The fourth-order valence-corrected chi connectivity index (χ4v) is 2.95. The van der Waals surface area contributed by atoms with Crippen LogP contribution in [-0.2, 0) is 0 Å². The molecule has 0 unspecified atom stereocenters. The lowest BCUT2D eigenvalue weighted by Crippen LogP contribution is -2.11. The highest BCUT2D eigenvalue weighted by Crippen LogP contribution is 2.26. The van der Waals surface area contributed by atoms with E-state index in [-0.39, 0.29) is 0 Å². The van der Waals surface area contributed by atoms with Crippen molar-refractivity contribution in [2.45, 2.75) is 6.92 Å². The molecule has 2 aromatic heterocycles. The Balaban J connectivity index is 2.00. The molecule has 1 aromatic carbocycles. The van der Waals surface area contributed by atoms with Gasteiger partial charge in [-0.25, -0.2) is 9.67 Å². The molecule has 0 radical (unpaired) electrons. The molecule has 0 saturated carbocycles.